The molecule has 0 fully saturated rings. The highest BCUT2D eigenvalue weighted by Crippen LogP contribution is 2.35. The molecule has 136 valence electrons. The number of phosphoric ester groups is 1. The second kappa shape index (κ2) is 19.0. The number of rotatable bonds is 14. The van der Waals surface area contributed by atoms with Crippen LogP contribution in [-0.2, 0) is 18.6 Å². The monoisotopic (exact) mass is 344 g/mol. The number of hydrogen-bond donors (Lipinski definition) is 3. The van der Waals surface area contributed by atoms with Crippen molar-refractivity contribution in [3.8, 4) is 0 Å². The molecule has 22 heavy (non-hydrogen) atoms. The SMILES string of the molecule is CCCCCCOCCO.CCCCOCCOP(=O)(O)O. The highest BCUT2D eigenvalue weighted by molar-refractivity contribution is 7.46. The lowest BCUT2D eigenvalue weighted by atomic mass is 10.2. The molecule has 0 rings (SSSR count). The topological polar surface area (TPSA) is 105 Å². The van der Waals surface area contributed by atoms with Crippen molar-refractivity contribution < 1.29 is 33.5 Å². The molecule has 8 heteroatoms. The van der Waals surface area contributed by atoms with Gasteiger partial charge in [0.2, 0.25) is 0 Å². The minimum absolute atomic E-state index is 0.0615. The molecule has 0 saturated heterocycles. The van der Waals surface area contributed by atoms with Gasteiger partial charge in [-0.2, -0.15) is 0 Å². The highest BCUT2D eigenvalue weighted by atomic mass is 31.2. The maximum absolute atomic E-state index is 10.1. The Morgan fingerprint density at radius 3 is 1.91 bits per heavy atom. The summed E-state index contributed by atoms with van der Waals surface area (Å²) in [5, 5.41) is 8.34. The minimum atomic E-state index is -4.30. The van der Waals surface area contributed by atoms with Crippen LogP contribution in [0.2, 0.25) is 0 Å². The average molecular weight is 344 g/mol. The zero-order chi connectivity index (χ0) is 17.1. The van der Waals surface area contributed by atoms with Gasteiger partial charge in [0.1, 0.15) is 0 Å². The number of aliphatic hydroxyl groups excluding tert-OH is 1. The van der Waals surface area contributed by atoms with E-state index >= 15 is 0 Å². The fourth-order valence-corrected chi connectivity index (χ4v) is 1.67. The third kappa shape index (κ3) is 28.2. The minimum Gasteiger partial charge on any atom is -0.394 e. The van der Waals surface area contributed by atoms with Crippen LogP contribution in [0.3, 0.4) is 0 Å². The summed E-state index contributed by atoms with van der Waals surface area (Å²) in [5.74, 6) is 0. The molecular formula is C14H33O7P. The van der Waals surface area contributed by atoms with Crippen molar-refractivity contribution in [2.24, 2.45) is 0 Å². The summed E-state index contributed by atoms with van der Waals surface area (Å²) >= 11 is 0. The molecule has 0 heterocycles. The molecule has 0 aliphatic heterocycles. The smallest absolute Gasteiger partial charge is 0.394 e. The number of unbranched alkanes of at least 4 members (excludes halogenated alkanes) is 4. The molecule has 0 aromatic rings. The Morgan fingerprint density at radius 2 is 1.36 bits per heavy atom. The van der Waals surface area contributed by atoms with Gasteiger partial charge in [-0.15, -0.1) is 0 Å². The van der Waals surface area contributed by atoms with Gasteiger partial charge in [0.05, 0.1) is 26.4 Å². The Balaban J connectivity index is 0. The van der Waals surface area contributed by atoms with Gasteiger partial charge in [0.25, 0.3) is 0 Å². The Labute approximate surface area is 134 Å². The standard InChI is InChI=1S/C8H18O2.C6H15O5P/c1-2-3-4-5-7-10-8-6-9;1-2-3-4-10-5-6-11-12(7,8)9/h9H,2-8H2,1H3;2-6H2,1H3,(H2,7,8,9). The van der Waals surface area contributed by atoms with Crippen molar-refractivity contribution in [1.82, 2.24) is 0 Å². The first kappa shape index (κ1) is 24.2. The van der Waals surface area contributed by atoms with E-state index < -0.39 is 7.82 Å². The molecule has 7 nitrogen and oxygen atoms in total. The van der Waals surface area contributed by atoms with E-state index in [4.69, 9.17) is 24.4 Å². The van der Waals surface area contributed by atoms with Crippen molar-refractivity contribution in [3.63, 3.8) is 0 Å². The number of phosphoric acid groups is 1. The van der Waals surface area contributed by atoms with E-state index in [1.807, 2.05) is 6.92 Å². The molecule has 0 bridgehead atoms. The second-order valence-electron chi connectivity index (χ2n) is 4.69. The predicted molar refractivity (Wildman–Crippen MR) is 85.8 cm³/mol. The Morgan fingerprint density at radius 1 is 0.773 bits per heavy atom. The molecule has 0 amide bonds. The van der Waals surface area contributed by atoms with Crippen molar-refractivity contribution in [2.75, 3.05) is 39.6 Å². The number of ether oxygens (including phenoxy) is 2. The van der Waals surface area contributed by atoms with Crippen LogP contribution in [0.4, 0.5) is 0 Å². The molecule has 0 aliphatic rings. The fourth-order valence-electron chi connectivity index (χ4n) is 1.36. The first-order valence-electron chi connectivity index (χ1n) is 7.94. The first-order valence-corrected chi connectivity index (χ1v) is 9.47. The first-order chi connectivity index (χ1) is 10.5. The lowest BCUT2D eigenvalue weighted by Gasteiger charge is -2.05. The van der Waals surface area contributed by atoms with Crippen molar-refractivity contribution >= 4 is 7.82 Å². The third-order valence-electron chi connectivity index (χ3n) is 2.51. The van der Waals surface area contributed by atoms with Gasteiger partial charge in [0, 0.05) is 13.2 Å². The lowest BCUT2D eigenvalue weighted by molar-refractivity contribution is 0.0839. The predicted octanol–water partition coefficient (Wildman–Crippen LogP) is 2.49. The van der Waals surface area contributed by atoms with E-state index in [0.717, 1.165) is 25.9 Å². The summed E-state index contributed by atoms with van der Waals surface area (Å²) in [4.78, 5) is 16.5. The van der Waals surface area contributed by atoms with Crippen LogP contribution in [0.25, 0.3) is 0 Å². The van der Waals surface area contributed by atoms with E-state index in [9.17, 15) is 4.57 Å². The molecule has 3 N–H and O–H groups in total. The van der Waals surface area contributed by atoms with Gasteiger partial charge in [-0.1, -0.05) is 39.5 Å². The quantitative estimate of drug-likeness (QED) is 0.328. The van der Waals surface area contributed by atoms with Crippen LogP contribution in [0, 0.1) is 0 Å². The normalized spacial score (nSPS) is 11.1. The fraction of sp³-hybridized carbons (Fsp3) is 1.00. The van der Waals surface area contributed by atoms with Crippen molar-refractivity contribution in [2.45, 2.75) is 52.4 Å². The van der Waals surface area contributed by atoms with Gasteiger partial charge in [-0.3, -0.25) is 4.52 Å². The Bertz CT molecular complexity index is 237. The third-order valence-corrected chi connectivity index (χ3v) is 3.03. The van der Waals surface area contributed by atoms with Crippen LogP contribution in [0.1, 0.15) is 52.4 Å². The maximum Gasteiger partial charge on any atom is 0.469 e. The van der Waals surface area contributed by atoms with E-state index in [1.54, 1.807) is 0 Å². The van der Waals surface area contributed by atoms with Crippen LogP contribution in [0.15, 0.2) is 0 Å². The zero-order valence-electron chi connectivity index (χ0n) is 13.9. The number of aliphatic hydroxyl groups is 1. The lowest BCUT2D eigenvalue weighted by Crippen LogP contribution is -2.03. The van der Waals surface area contributed by atoms with Crippen LogP contribution >= 0.6 is 7.82 Å². The zero-order valence-corrected chi connectivity index (χ0v) is 14.8. The molecule has 0 unspecified atom stereocenters. The summed E-state index contributed by atoms with van der Waals surface area (Å²) in [6.45, 7) is 6.45. The summed E-state index contributed by atoms with van der Waals surface area (Å²) in [7, 11) is -4.30. The van der Waals surface area contributed by atoms with Gasteiger partial charge >= 0.3 is 7.82 Å². The summed E-state index contributed by atoms with van der Waals surface area (Å²) in [6, 6.07) is 0. The van der Waals surface area contributed by atoms with Crippen LogP contribution in [0.5, 0.6) is 0 Å². The Hall–Kier alpha value is -0.0100. The molecule has 0 aliphatic carbocycles. The largest absolute Gasteiger partial charge is 0.469 e. The Kier molecular flexibility index (Phi) is 21.0. The van der Waals surface area contributed by atoms with E-state index in [1.165, 1.54) is 19.3 Å². The van der Waals surface area contributed by atoms with Crippen molar-refractivity contribution in [1.29, 1.82) is 0 Å². The van der Waals surface area contributed by atoms with Crippen LogP contribution in [-0.4, -0.2) is 54.5 Å². The van der Waals surface area contributed by atoms with Crippen LogP contribution < -0.4 is 0 Å². The molecule has 0 aromatic carbocycles. The molecule has 0 saturated carbocycles. The van der Waals surface area contributed by atoms with E-state index in [-0.39, 0.29) is 19.8 Å². The summed E-state index contributed by atoms with van der Waals surface area (Å²) < 4.78 is 24.4. The summed E-state index contributed by atoms with van der Waals surface area (Å²) in [6.07, 6.45) is 6.94. The molecule has 0 atom stereocenters. The van der Waals surface area contributed by atoms with Crippen molar-refractivity contribution in [3.05, 3.63) is 0 Å². The molecular weight excluding hydrogens is 311 g/mol. The number of hydrogen-bond acceptors (Lipinski definition) is 5. The summed E-state index contributed by atoms with van der Waals surface area (Å²) in [5.41, 5.74) is 0. The van der Waals surface area contributed by atoms with E-state index in [2.05, 4.69) is 11.4 Å². The van der Waals surface area contributed by atoms with Gasteiger partial charge in [0.15, 0.2) is 0 Å². The second-order valence-corrected chi connectivity index (χ2v) is 5.93. The van der Waals surface area contributed by atoms with Gasteiger partial charge in [-0.05, 0) is 12.8 Å². The molecule has 0 aromatic heterocycles. The molecule has 0 spiro atoms. The van der Waals surface area contributed by atoms with Gasteiger partial charge < -0.3 is 24.4 Å². The average Bonchev–Trinajstić information content (AvgIpc) is 2.46. The van der Waals surface area contributed by atoms with Gasteiger partial charge in [-0.25, -0.2) is 4.57 Å². The van der Waals surface area contributed by atoms with E-state index in [0.29, 0.717) is 13.2 Å². The maximum atomic E-state index is 10.1. The highest BCUT2D eigenvalue weighted by Gasteiger charge is 2.12. The molecule has 0 radical (unpaired) electrons.